The number of alkyl halides is 2. The monoisotopic (exact) mass is 436 g/mol. The van der Waals surface area contributed by atoms with Crippen molar-refractivity contribution in [3.8, 4) is 11.6 Å². The molecule has 0 aliphatic carbocycles. The van der Waals surface area contributed by atoms with E-state index in [2.05, 4.69) is 19.7 Å². The molecule has 13 heteroatoms. The van der Waals surface area contributed by atoms with Gasteiger partial charge in [0.2, 0.25) is 5.95 Å². The van der Waals surface area contributed by atoms with Gasteiger partial charge in [0.15, 0.2) is 11.6 Å². The van der Waals surface area contributed by atoms with Gasteiger partial charge in [-0.25, -0.2) is 31.3 Å². The standard InChI is InChI=1S/C15H12ClF3N4O4S/c1-26-14-9(27-6-11(17)18)4-21-15(22-14)23-28(24,25)10-5-20-13-7(10)2-3-8(16)12(13)19/h2-5,11,20H,6H2,1H3,(H,21,22,23). The Morgan fingerprint density at radius 1 is 1.36 bits per heavy atom. The van der Waals surface area contributed by atoms with E-state index in [1.165, 1.54) is 19.2 Å². The van der Waals surface area contributed by atoms with Crippen molar-refractivity contribution in [1.29, 1.82) is 0 Å². The van der Waals surface area contributed by atoms with Crippen LogP contribution < -0.4 is 14.2 Å². The van der Waals surface area contributed by atoms with E-state index in [1.807, 2.05) is 0 Å². The molecule has 0 bridgehead atoms. The minimum atomic E-state index is -4.22. The lowest BCUT2D eigenvalue weighted by Crippen LogP contribution is -2.15. The van der Waals surface area contributed by atoms with Crippen LogP contribution in [0.15, 0.2) is 29.4 Å². The van der Waals surface area contributed by atoms with E-state index in [-0.39, 0.29) is 32.5 Å². The number of hydrogen-bond donors (Lipinski definition) is 2. The minimum Gasteiger partial charge on any atom is -0.481 e. The second-order valence-corrected chi connectivity index (χ2v) is 7.37. The first-order chi connectivity index (χ1) is 13.2. The molecule has 1 aromatic carbocycles. The lowest BCUT2D eigenvalue weighted by atomic mass is 10.2. The highest BCUT2D eigenvalue weighted by Gasteiger charge is 2.23. The Balaban J connectivity index is 1.91. The lowest BCUT2D eigenvalue weighted by Gasteiger charge is -2.11. The normalized spacial score (nSPS) is 11.8. The molecular formula is C15H12ClF3N4O4S. The third kappa shape index (κ3) is 3.92. The number of sulfonamides is 1. The molecule has 150 valence electrons. The fraction of sp³-hybridized carbons (Fsp3) is 0.200. The Bertz CT molecular complexity index is 1120. The van der Waals surface area contributed by atoms with Gasteiger partial charge in [-0.05, 0) is 12.1 Å². The second-order valence-electron chi connectivity index (χ2n) is 5.31. The van der Waals surface area contributed by atoms with Gasteiger partial charge in [-0.2, -0.15) is 4.98 Å². The highest BCUT2D eigenvalue weighted by molar-refractivity contribution is 7.93. The highest BCUT2D eigenvalue weighted by atomic mass is 35.5. The number of nitrogens with zero attached hydrogens (tertiary/aromatic N) is 2. The molecule has 2 N–H and O–H groups in total. The molecule has 0 saturated heterocycles. The number of aromatic nitrogens is 3. The number of nitrogens with one attached hydrogen (secondary N) is 2. The van der Waals surface area contributed by atoms with Crippen molar-refractivity contribution in [2.75, 3.05) is 18.4 Å². The maximum atomic E-state index is 14.0. The van der Waals surface area contributed by atoms with Gasteiger partial charge in [-0.3, -0.25) is 0 Å². The van der Waals surface area contributed by atoms with Gasteiger partial charge >= 0.3 is 0 Å². The summed E-state index contributed by atoms with van der Waals surface area (Å²) in [4.78, 5) is 9.74. The Labute approximate surface area is 161 Å². The Morgan fingerprint density at radius 3 is 2.79 bits per heavy atom. The van der Waals surface area contributed by atoms with Gasteiger partial charge in [0.25, 0.3) is 22.3 Å². The summed E-state index contributed by atoms with van der Waals surface area (Å²) in [5.74, 6) is -1.62. The first-order valence-corrected chi connectivity index (χ1v) is 9.39. The third-order valence-electron chi connectivity index (χ3n) is 3.50. The molecular weight excluding hydrogens is 425 g/mol. The molecule has 3 aromatic rings. The SMILES string of the molecule is COc1nc(NS(=O)(=O)c2c[nH]c3c(F)c(Cl)ccc23)ncc1OCC(F)F. The number of H-pyrrole nitrogens is 1. The first-order valence-electron chi connectivity index (χ1n) is 7.53. The quantitative estimate of drug-likeness (QED) is 0.589. The minimum absolute atomic E-state index is 0.0678. The van der Waals surface area contributed by atoms with Crippen LogP contribution in [0, 0.1) is 5.82 Å². The van der Waals surface area contributed by atoms with Crippen LogP contribution in [-0.4, -0.2) is 43.5 Å². The number of benzene rings is 1. The van der Waals surface area contributed by atoms with Crippen LogP contribution in [0.4, 0.5) is 19.1 Å². The van der Waals surface area contributed by atoms with Crippen LogP contribution in [0.1, 0.15) is 0 Å². The number of hydrogen-bond acceptors (Lipinski definition) is 6. The number of halogens is 4. The largest absolute Gasteiger partial charge is 0.481 e. The van der Waals surface area contributed by atoms with Crippen molar-refractivity contribution in [2.24, 2.45) is 0 Å². The van der Waals surface area contributed by atoms with E-state index in [0.717, 1.165) is 12.4 Å². The maximum absolute atomic E-state index is 14.0. The number of ether oxygens (including phenoxy) is 2. The maximum Gasteiger partial charge on any atom is 0.272 e. The van der Waals surface area contributed by atoms with Crippen LogP contribution in [0.3, 0.4) is 0 Å². The Morgan fingerprint density at radius 2 is 2.11 bits per heavy atom. The molecule has 2 aromatic heterocycles. The summed E-state index contributed by atoms with van der Waals surface area (Å²) in [5, 5.41) is -0.100. The molecule has 0 spiro atoms. The molecule has 8 nitrogen and oxygen atoms in total. The van der Waals surface area contributed by atoms with E-state index in [9.17, 15) is 21.6 Å². The number of aromatic amines is 1. The number of rotatable bonds is 7. The fourth-order valence-electron chi connectivity index (χ4n) is 2.31. The smallest absolute Gasteiger partial charge is 0.272 e. The average molecular weight is 437 g/mol. The summed E-state index contributed by atoms with van der Waals surface area (Å²) in [7, 11) is -3.03. The number of anilines is 1. The average Bonchev–Trinajstić information content (AvgIpc) is 3.09. The van der Waals surface area contributed by atoms with Gasteiger partial charge in [0.05, 0.1) is 23.8 Å². The van der Waals surface area contributed by atoms with Gasteiger partial charge in [0.1, 0.15) is 11.5 Å². The Kier molecular flexibility index (Phi) is 5.52. The zero-order valence-electron chi connectivity index (χ0n) is 14.0. The summed E-state index contributed by atoms with van der Waals surface area (Å²) in [6.07, 6.45) is -0.650. The van der Waals surface area contributed by atoms with E-state index in [1.54, 1.807) is 0 Å². The molecule has 0 aliphatic heterocycles. The van der Waals surface area contributed by atoms with E-state index >= 15 is 0 Å². The Hall–Kier alpha value is -2.73. The predicted molar refractivity (Wildman–Crippen MR) is 94.2 cm³/mol. The van der Waals surface area contributed by atoms with Crippen molar-refractivity contribution in [3.63, 3.8) is 0 Å². The molecule has 2 heterocycles. The molecule has 0 atom stereocenters. The van der Waals surface area contributed by atoms with E-state index in [0.29, 0.717) is 0 Å². The summed E-state index contributed by atoms with van der Waals surface area (Å²) in [6, 6.07) is 2.56. The predicted octanol–water partition coefficient (Wildman–Crippen LogP) is 3.20. The summed E-state index contributed by atoms with van der Waals surface area (Å²) in [5.41, 5.74) is -0.0814. The fourth-order valence-corrected chi connectivity index (χ4v) is 3.59. The van der Waals surface area contributed by atoms with Crippen molar-refractivity contribution in [1.82, 2.24) is 15.0 Å². The molecule has 3 rings (SSSR count). The molecule has 0 radical (unpaired) electrons. The number of fused-ring (bicyclic) bond motifs is 1. The molecule has 0 saturated carbocycles. The van der Waals surface area contributed by atoms with Crippen molar-refractivity contribution in [3.05, 3.63) is 35.4 Å². The lowest BCUT2D eigenvalue weighted by molar-refractivity contribution is 0.0799. The molecule has 0 amide bonds. The van der Waals surface area contributed by atoms with Gasteiger partial charge in [0, 0.05) is 11.6 Å². The molecule has 0 fully saturated rings. The topological polar surface area (TPSA) is 106 Å². The van der Waals surface area contributed by atoms with Crippen molar-refractivity contribution in [2.45, 2.75) is 11.3 Å². The summed E-state index contributed by atoms with van der Waals surface area (Å²) in [6.45, 7) is -0.908. The first kappa shape index (κ1) is 20.0. The second kappa shape index (κ2) is 7.72. The highest BCUT2D eigenvalue weighted by Crippen LogP contribution is 2.30. The van der Waals surface area contributed by atoms with Crippen molar-refractivity contribution < 1.29 is 31.1 Å². The number of methoxy groups -OCH3 is 1. The van der Waals surface area contributed by atoms with Gasteiger partial charge < -0.3 is 14.5 Å². The zero-order chi connectivity index (χ0) is 20.5. The summed E-state index contributed by atoms with van der Waals surface area (Å²) >= 11 is 5.68. The van der Waals surface area contributed by atoms with E-state index < -0.39 is 34.8 Å². The zero-order valence-corrected chi connectivity index (χ0v) is 15.6. The molecule has 0 unspecified atom stereocenters. The van der Waals surface area contributed by atoms with Gasteiger partial charge in [-0.1, -0.05) is 11.6 Å². The summed E-state index contributed by atoms with van der Waals surface area (Å²) < 4.78 is 75.6. The molecule has 0 aliphatic rings. The van der Waals surface area contributed by atoms with Crippen LogP contribution in [-0.2, 0) is 10.0 Å². The van der Waals surface area contributed by atoms with Crippen LogP contribution >= 0.6 is 11.6 Å². The van der Waals surface area contributed by atoms with Gasteiger partial charge in [-0.15, -0.1) is 0 Å². The van der Waals surface area contributed by atoms with Crippen molar-refractivity contribution >= 4 is 38.5 Å². The molecule has 28 heavy (non-hydrogen) atoms. The van der Waals surface area contributed by atoms with Crippen LogP contribution in [0.25, 0.3) is 10.9 Å². The van der Waals surface area contributed by atoms with E-state index in [4.69, 9.17) is 21.1 Å². The van der Waals surface area contributed by atoms with Crippen LogP contribution in [0.2, 0.25) is 5.02 Å². The van der Waals surface area contributed by atoms with Crippen LogP contribution in [0.5, 0.6) is 11.6 Å². The third-order valence-corrected chi connectivity index (χ3v) is 5.16.